The third-order valence-electron chi connectivity index (χ3n) is 4.37. The summed E-state index contributed by atoms with van der Waals surface area (Å²) in [5, 5.41) is 0. The molecule has 0 unspecified atom stereocenters. The lowest BCUT2D eigenvalue weighted by atomic mass is 10.0. The Kier molecular flexibility index (Phi) is 3.60. The zero-order valence-electron chi connectivity index (χ0n) is 14.1. The Balaban J connectivity index is 1.66. The van der Waals surface area contributed by atoms with Gasteiger partial charge in [0.05, 0.1) is 6.67 Å². The summed E-state index contributed by atoms with van der Waals surface area (Å²) in [5.74, 6) is 0.498. The van der Waals surface area contributed by atoms with Crippen molar-refractivity contribution in [3.05, 3.63) is 47.5 Å². The van der Waals surface area contributed by atoms with Gasteiger partial charge in [0.15, 0.2) is 0 Å². The molecule has 0 amide bonds. The van der Waals surface area contributed by atoms with E-state index >= 15 is 0 Å². The highest BCUT2D eigenvalue weighted by Gasteiger charge is 2.29. The fraction of sp³-hybridized carbons (Fsp3) is 0.263. The van der Waals surface area contributed by atoms with E-state index in [4.69, 9.17) is 9.47 Å². The van der Waals surface area contributed by atoms with Gasteiger partial charge in [-0.05, 0) is 47.5 Å². The molecule has 2 aromatic carbocycles. The quantitative estimate of drug-likeness (QED) is 0.620. The van der Waals surface area contributed by atoms with E-state index < -0.39 is 0 Å². The second-order valence-corrected chi connectivity index (χ2v) is 6.31. The van der Waals surface area contributed by atoms with Gasteiger partial charge >= 0.3 is 11.9 Å². The van der Waals surface area contributed by atoms with E-state index in [1.54, 1.807) is 0 Å². The number of ether oxygens (including phenoxy) is 2. The average Bonchev–Trinajstić information content (AvgIpc) is 2.53. The summed E-state index contributed by atoms with van der Waals surface area (Å²) in [6, 6.07) is 11.5. The number of esters is 2. The fourth-order valence-electron chi connectivity index (χ4n) is 3.49. The lowest BCUT2D eigenvalue weighted by Gasteiger charge is -2.44. The predicted molar refractivity (Wildman–Crippen MR) is 92.7 cm³/mol. The monoisotopic (exact) mass is 338 g/mol. The number of hydrogen-bond acceptors (Lipinski definition) is 6. The lowest BCUT2D eigenvalue weighted by Crippen LogP contribution is -2.46. The predicted octanol–water partition coefficient (Wildman–Crippen LogP) is 2.83. The number of hydrogen-bond donors (Lipinski definition) is 0. The van der Waals surface area contributed by atoms with Crippen LogP contribution in [0.5, 0.6) is 11.5 Å². The first-order valence-electron chi connectivity index (χ1n) is 8.12. The largest absolute Gasteiger partial charge is 0.427 e. The van der Waals surface area contributed by atoms with Crippen molar-refractivity contribution in [2.45, 2.75) is 26.9 Å². The molecule has 2 bridgehead atoms. The number of anilines is 2. The van der Waals surface area contributed by atoms with Crippen LogP contribution in [0.25, 0.3) is 0 Å². The third kappa shape index (κ3) is 2.91. The van der Waals surface area contributed by atoms with Gasteiger partial charge in [-0.15, -0.1) is 0 Å². The maximum atomic E-state index is 11.2. The standard InChI is InChI=1S/C19H18N2O4/c1-12(22)24-16-3-5-18-14(7-16)9-20-11-21(18)10-15-8-17(25-13(2)23)4-6-19(15)20/h3-8H,9-11H2,1-2H3. The van der Waals surface area contributed by atoms with Gasteiger partial charge in [0.1, 0.15) is 11.5 Å². The van der Waals surface area contributed by atoms with Crippen LogP contribution in [0, 0.1) is 0 Å². The second kappa shape index (κ2) is 5.81. The smallest absolute Gasteiger partial charge is 0.308 e. The van der Waals surface area contributed by atoms with Crippen molar-refractivity contribution < 1.29 is 19.1 Å². The van der Waals surface area contributed by atoms with Gasteiger partial charge in [-0.25, -0.2) is 0 Å². The second-order valence-electron chi connectivity index (χ2n) is 6.31. The Labute approximate surface area is 145 Å². The number of benzene rings is 2. The molecule has 0 radical (unpaired) electrons. The molecule has 2 aliphatic rings. The van der Waals surface area contributed by atoms with Gasteiger partial charge < -0.3 is 19.3 Å². The van der Waals surface area contributed by atoms with Crippen LogP contribution >= 0.6 is 0 Å². The highest BCUT2D eigenvalue weighted by Crippen LogP contribution is 2.40. The van der Waals surface area contributed by atoms with E-state index in [1.807, 2.05) is 36.4 Å². The van der Waals surface area contributed by atoms with Gasteiger partial charge in [0.2, 0.25) is 0 Å². The maximum absolute atomic E-state index is 11.2. The van der Waals surface area contributed by atoms with Gasteiger partial charge in [-0.2, -0.15) is 0 Å². The first kappa shape index (κ1) is 15.5. The van der Waals surface area contributed by atoms with Gasteiger partial charge in [0, 0.05) is 38.3 Å². The SMILES string of the molecule is CC(=O)Oc1ccc2c(c1)CN1CN2Cc2cc(OC(C)=O)ccc21. The first-order valence-corrected chi connectivity index (χ1v) is 8.12. The summed E-state index contributed by atoms with van der Waals surface area (Å²) in [7, 11) is 0. The van der Waals surface area contributed by atoms with Crippen LogP contribution in [0.15, 0.2) is 36.4 Å². The van der Waals surface area contributed by atoms with E-state index in [0.29, 0.717) is 11.5 Å². The molecule has 0 atom stereocenters. The molecule has 0 saturated heterocycles. The Hall–Kier alpha value is -3.02. The van der Waals surface area contributed by atoms with Gasteiger partial charge in [0.25, 0.3) is 0 Å². The zero-order chi connectivity index (χ0) is 17.6. The molecule has 2 aromatic rings. The lowest BCUT2D eigenvalue weighted by molar-refractivity contribution is -0.132. The minimum atomic E-state index is -0.320. The number of carbonyl (C=O) groups excluding carboxylic acids is 2. The summed E-state index contributed by atoms with van der Waals surface area (Å²) >= 11 is 0. The molecule has 0 aromatic heterocycles. The summed E-state index contributed by atoms with van der Waals surface area (Å²) in [4.78, 5) is 26.9. The molecule has 6 nitrogen and oxygen atoms in total. The highest BCUT2D eigenvalue weighted by atomic mass is 16.5. The number of nitrogens with zero attached hydrogens (tertiary/aromatic N) is 2. The molecule has 0 fully saturated rings. The van der Waals surface area contributed by atoms with Crippen molar-refractivity contribution in [1.82, 2.24) is 0 Å². The molecule has 0 saturated carbocycles. The Bertz CT molecular complexity index is 806. The van der Waals surface area contributed by atoms with Crippen LogP contribution in [-0.4, -0.2) is 18.6 Å². The Morgan fingerprint density at radius 3 is 1.64 bits per heavy atom. The average molecular weight is 338 g/mol. The zero-order valence-corrected chi connectivity index (χ0v) is 14.1. The van der Waals surface area contributed by atoms with Crippen molar-refractivity contribution >= 4 is 23.3 Å². The van der Waals surface area contributed by atoms with Crippen LogP contribution in [0.4, 0.5) is 11.4 Å². The number of rotatable bonds is 2. The molecule has 0 spiro atoms. The molecule has 2 heterocycles. The van der Waals surface area contributed by atoms with E-state index in [0.717, 1.165) is 42.3 Å². The van der Waals surface area contributed by atoms with Crippen molar-refractivity contribution in [2.75, 3.05) is 16.5 Å². The maximum Gasteiger partial charge on any atom is 0.308 e. The normalized spacial score (nSPS) is 14.5. The molecular formula is C19H18N2O4. The molecule has 25 heavy (non-hydrogen) atoms. The Morgan fingerprint density at radius 1 is 0.800 bits per heavy atom. The molecular weight excluding hydrogens is 320 g/mol. The van der Waals surface area contributed by atoms with Gasteiger partial charge in [-0.1, -0.05) is 0 Å². The van der Waals surface area contributed by atoms with E-state index in [9.17, 15) is 9.59 Å². The minimum Gasteiger partial charge on any atom is -0.427 e. The highest BCUT2D eigenvalue weighted by molar-refractivity contribution is 5.73. The van der Waals surface area contributed by atoms with Crippen LogP contribution in [-0.2, 0) is 22.7 Å². The first-order chi connectivity index (χ1) is 12.0. The van der Waals surface area contributed by atoms with Crippen LogP contribution in [0.3, 0.4) is 0 Å². The van der Waals surface area contributed by atoms with Crippen LogP contribution in [0.2, 0.25) is 0 Å². The minimum absolute atomic E-state index is 0.320. The number of carbonyl (C=O) groups is 2. The molecule has 0 aliphatic carbocycles. The third-order valence-corrected chi connectivity index (χ3v) is 4.37. The van der Waals surface area contributed by atoms with Crippen molar-refractivity contribution in [3.8, 4) is 11.5 Å². The molecule has 2 aliphatic heterocycles. The summed E-state index contributed by atoms with van der Waals surface area (Å²) in [5.41, 5.74) is 4.52. The van der Waals surface area contributed by atoms with E-state index in [-0.39, 0.29) is 11.9 Å². The molecule has 4 rings (SSSR count). The summed E-state index contributed by atoms with van der Waals surface area (Å²) in [6.45, 7) is 5.08. The van der Waals surface area contributed by atoms with Crippen LogP contribution < -0.4 is 19.3 Å². The molecule has 6 heteroatoms. The molecule has 0 N–H and O–H groups in total. The number of fused-ring (bicyclic) bond motifs is 6. The molecule has 128 valence electrons. The van der Waals surface area contributed by atoms with Crippen molar-refractivity contribution in [3.63, 3.8) is 0 Å². The van der Waals surface area contributed by atoms with E-state index in [2.05, 4.69) is 9.80 Å². The van der Waals surface area contributed by atoms with E-state index in [1.165, 1.54) is 13.8 Å². The van der Waals surface area contributed by atoms with Gasteiger partial charge in [-0.3, -0.25) is 9.59 Å². The topological polar surface area (TPSA) is 59.1 Å². The summed E-state index contributed by atoms with van der Waals surface area (Å²) < 4.78 is 10.4. The summed E-state index contributed by atoms with van der Waals surface area (Å²) in [6.07, 6.45) is 0. The fourth-order valence-corrected chi connectivity index (χ4v) is 3.49. The van der Waals surface area contributed by atoms with Crippen LogP contribution in [0.1, 0.15) is 25.0 Å². The van der Waals surface area contributed by atoms with Crippen molar-refractivity contribution in [1.29, 1.82) is 0 Å². The van der Waals surface area contributed by atoms with Crippen molar-refractivity contribution in [2.24, 2.45) is 0 Å². The Morgan fingerprint density at radius 2 is 1.24 bits per heavy atom.